The summed E-state index contributed by atoms with van der Waals surface area (Å²) in [5.74, 6) is 1.84. The maximum atomic E-state index is 5.72. The van der Waals surface area contributed by atoms with Crippen molar-refractivity contribution < 1.29 is 4.74 Å². The molecule has 1 atom stereocenters. The average molecular weight is 256 g/mol. The van der Waals surface area contributed by atoms with E-state index in [0.717, 1.165) is 12.4 Å². The van der Waals surface area contributed by atoms with Crippen molar-refractivity contribution in [3.8, 4) is 0 Å². The van der Waals surface area contributed by atoms with Crippen molar-refractivity contribution in [3.05, 3.63) is 11.9 Å². The molecule has 1 aromatic heterocycles. The van der Waals surface area contributed by atoms with E-state index in [2.05, 4.69) is 28.5 Å². The smallest absolute Gasteiger partial charge is 0.158 e. The van der Waals surface area contributed by atoms with Gasteiger partial charge in [0.25, 0.3) is 0 Å². The van der Waals surface area contributed by atoms with Crippen LogP contribution in [0.2, 0.25) is 0 Å². The molecule has 1 heterocycles. The topological polar surface area (TPSA) is 73.1 Å². The van der Waals surface area contributed by atoms with E-state index in [1.165, 1.54) is 0 Å². The van der Waals surface area contributed by atoms with Gasteiger partial charge < -0.3 is 15.8 Å². The van der Waals surface area contributed by atoms with Crippen LogP contribution in [0.5, 0.6) is 0 Å². The number of hydrogen-bond donors (Lipinski definition) is 2. The predicted molar refractivity (Wildman–Crippen MR) is 73.2 cm³/mol. The van der Waals surface area contributed by atoms with Gasteiger partial charge in [-0.15, -0.1) is 0 Å². The molecule has 96 valence electrons. The highest BCUT2D eigenvalue weighted by molar-refractivity contribution is 7.99. The van der Waals surface area contributed by atoms with E-state index < -0.39 is 0 Å². The van der Waals surface area contributed by atoms with Gasteiger partial charge >= 0.3 is 0 Å². The van der Waals surface area contributed by atoms with E-state index in [-0.39, 0.29) is 0 Å². The van der Waals surface area contributed by atoms with Crippen molar-refractivity contribution >= 4 is 23.4 Å². The minimum atomic E-state index is 0.397. The van der Waals surface area contributed by atoms with Crippen LogP contribution < -0.4 is 11.1 Å². The number of thioether (sulfide) groups is 1. The molecule has 0 aromatic carbocycles. The summed E-state index contributed by atoms with van der Waals surface area (Å²) >= 11 is 1.80. The highest BCUT2D eigenvalue weighted by Crippen LogP contribution is 2.11. The molecule has 1 rings (SSSR count). The van der Waals surface area contributed by atoms with Crippen molar-refractivity contribution in [1.29, 1.82) is 0 Å². The molecule has 0 amide bonds. The van der Waals surface area contributed by atoms with Gasteiger partial charge in [-0.25, -0.2) is 9.97 Å². The fourth-order valence-electron chi connectivity index (χ4n) is 1.20. The maximum Gasteiger partial charge on any atom is 0.158 e. The standard InChI is InChI=1S/C11H20N4OS/c1-4-16-7-11-14-9(12)5-10(15-11)13-6-8(2)17-3/h5,8H,4,6-7H2,1-3H3,(H3,12,13,14,15). The van der Waals surface area contributed by atoms with Gasteiger partial charge in [0.15, 0.2) is 5.82 Å². The van der Waals surface area contributed by atoms with Gasteiger partial charge in [0.05, 0.1) is 0 Å². The molecule has 17 heavy (non-hydrogen) atoms. The summed E-state index contributed by atoms with van der Waals surface area (Å²) in [6, 6.07) is 1.74. The SMILES string of the molecule is CCOCc1nc(N)cc(NCC(C)SC)n1. The van der Waals surface area contributed by atoms with Crippen molar-refractivity contribution in [1.82, 2.24) is 9.97 Å². The first-order valence-corrected chi connectivity index (χ1v) is 6.92. The van der Waals surface area contributed by atoms with Crippen LogP contribution >= 0.6 is 11.8 Å². The normalized spacial score (nSPS) is 12.4. The second-order valence-corrected chi connectivity index (χ2v) is 4.93. The molecule has 0 spiro atoms. The molecule has 6 heteroatoms. The molecule has 0 saturated carbocycles. The Balaban J connectivity index is 2.61. The molecular formula is C11H20N4OS. The van der Waals surface area contributed by atoms with E-state index in [0.29, 0.717) is 30.1 Å². The fourth-order valence-corrected chi connectivity index (χ4v) is 1.45. The van der Waals surface area contributed by atoms with Gasteiger partial charge in [-0.3, -0.25) is 0 Å². The van der Waals surface area contributed by atoms with Crippen LogP contribution in [0.15, 0.2) is 6.07 Å². The third kappa shape index (κ3) is 5.23. The lowest BCUT2D eigenvalue weighted by Crippen LogP contribution is -2.15. The molecule has 3 N–H and O–H groups in total. The van der Waals surface area contributed by atoms with Gasteiger partial charge in [0, 0.05) is 24.5 Å². The number of nitrogens with one attached hydrogen (secondary N) is 1. The van der Waals surface area contributed by atoms with E-state index >= 15 is 0 Å². The van der Waals surface area contributed by atoms with Crippen LogP contribution in [-0.2, 0) is 11.3 Å². The number of ether oxygens (including phenoxy) is 1. The summed E-state index contributed by atoms with van der Waals surface area (Å²) in [6.07, 6.45) is 2.08. The summed E-state index contributed by atoms with van der Waals surface area (Å²) in [7, 11) is 0. The highest BCUT2D eigenvalue weighted by atomic mass is 32.2. The van der Waals surface area contributed by atoms with Crippen LogP contribution in [0.4, 0.5) is 11.6 Å². The summed E-state index contributed by atoms with van der Waals surface area (Å²) in [5.41, 5.74) is 5.72. The minimum Gasteiger partial charge on any atom is -0.384 e. The molecule has 0 saturated heterocycles. The second-order valence-electron chi connectivity index (χ2n) is 3.66. The van der Waals surface area contributed by atoms with E-state index in [1.54, 1.807) is 17.8 Å². The molecule has 0 aliphatic carbocycles. The van der Waals surface area contributed by atoms with Gasteiger partial charge in [0.1, 0.15) is 18.2 Å². The fraction of sp³-hybridized carbons (Fsp3) is 0.636. The monoisotopic (exact) mass is 256 g/mol. The quantitative estimate of drug-likeness (QED) is 0.774. The number of nitrogen functional groups attached to an aromatic ring is 1. The summed E-state index contributed by atoms with van der Waals surface area (Å²) < 4.78 is 5.26. The molecule has 0 aliphatic heterocycles. The third-order valence-corrected chi connectivity index (χ3v) is 3.17. The van der Waals surface area contributed by atoms with Crippen LogP contribution in [-0.4, -0.2) is 34.6 Å². The number of hydrogen-bond acceptors (Lipinski definition) is 6. The Bertz CT molecular complexity index is 348. The average Bonchev–Trinajstić information content (AvgIpc) is 2.32. The van der Waals surface area contributed by atoms with Crippen LogP contribution in [0, 0.1) is 0 Å². The highest BCUT2D eigenvalue weighted by Gasteiger charge is 2.04. The first-order valence-electron chi connectivity index (χ1n) is 5.63. The third-order valence-electron chi connectivity index (χ3n) is 2.20. The van der Waals surface area contributed by atoms with Crippen molar-refractivity contribution in [2.75, 3.05) is 30.5 Å². The van der Waals surface area contributed by atoms with Crippen molar-refractivity contribution in [2.45, 2.75) is 25.7 Å². The van der Waals surface area contributed by atoms with Crippen molar-refractivity contribution in [2.24, 2.45) is 0 Å². The number of nitrogens with two attached hydrogens (primary N) is 1. The summed E-state index contributed by atoms with van der Waals surface area (Å²) in [6.45, 7) is 5.99. The van der Waals surface area contributed by atoms with Gasteiger partial charge in [-0.05, 0) is 13.2 Å². The number of aromatic nitrogens is 2. The Morgan fingerprint density at radius 3 is 2.94 bits per heavy atom. The lowest BCUT2D eigenvalue weighted by molar-refractivity contribution is 0.128. The minimum absolute atomic E-state index is 0.397. The van der Waals surface area contributed by atoms with E-state index in [4.69, 9.17) is 10.5 Å². The first kappa shape index (κ1) is 14.1. The Morgan fingerprint density at radius 2 is 2.29 bits per heavy atom. The molecule has 1 unspecified atom stereocenters. The lowest BCUT2D eigenvalue weighted by Gasteiger charge is -2.11. The van der Waals surface area contributed by atoms with E-state index in [9.17, 15) is 0 Å². The number of nitrogens with zero attached hydrogens (tertiary/aromatic N) is 2. The van der Waals surface area contributed by atoms with Gasteiger partial charge in [-0.1, -0.05) is 6.92 Å². The maximum absolute atomic E-state index is 5.72. The number of rotatable bonds is 7. The zero-order valence-electron chi connectivity index (χ0n) is 10.6. The van der Waals surface area contributed by atoms with Crippen molar-refractivity contribution in [3.63, 3.8) is 0 Å². The molecule has 1 aromatic rings. The molecule has 0 radical (unpaired) electrons. The number of anilines is 2. The molecule has 5 nitrogen and oxygen atoms in total. The van der Waals surface area contributed by atoms with Crippen LogP contribution in [0.25, 0.3) is 0 Å². The molecule has 0 aliphatic rings. The molecular weight excluding hydrogens is 236 g/mol. The Kier molecular flexibility index (Phi) is 6.07. The molecule has 0 bridgehead atoms. The van der Waals surface area contributed by atoms with Crippen LogP contribution in [0.3, 0.4) is 0 Å². The Labute approximate surface area is 107 Å². The zero-order chi connectivity index (χ0) is 12.7. The largest absolute Gasteiger partial charge is 0.384 e. The van der Waals surface area contributed by atoms with Gasteiger partial charge in [-0.2, -0.15) is 11.8 Å². The predicted octanol–water partition coefficient (Wildman–Crippen LogP) is 1.76. The van der Waals surface area contributed by atoms with Gasteiger partial charge in [0.2, 0.25) is 0 Å². The lowest BCUT2D eigenvalue weighted by atomic mass is 10.4. The molecule has 0 fully saturated rings. The zero-order valence-corrected chi connectivity index (χ0v) is 11.4. The summed E-state index contributed by atoms with van der Waals surface area (Å²) in [5, 5.41) is 3.77. The Morgan fingerprint density at radius 1 is 1.53 bits per heavy atom. The second kappa shape index (κ2) is 7.34. The first-order chi connectivity index (χ1) is 8.15. The van der Waals surface area contributed by atoms with E-state index in [1.807, 2.05) is 6.92 Å². The summed E-state index contributed by atoms with van der Waals surface area (Å²) in [4.78, 5) is 8.46. The Hall–Kier alpha value is -1.01. The van der Waals surface area contributed by atoms with Crippen LogP contribution in [0.1, 0.15) is 19.7 Å².